The van der Waals surface area contributed by atoms with Crippen molar-refractivity contribution in [3.63, 3.8) is 0 Å². The lowest BCUT2D eigenvalue weighted by atomic mass is 10.2. The van der Waals surface area contributed by atoms with Gasteiger partial charge in [0, 0.05) is 0 Å². The van der Waals surface area contributed by atoms with E-state index in [9.17, 15) is 0 Å². The highest BCUT2D eigenvalue weighted by Gasteiger charge is 2.05. The Morgan fingerprint density at radius 3 is 2.79 bits per heavy atom. The van der Waals surface area contributed by atoms with Crippen LogP contribution < -0.4 is 4.74 Å². The third-order valence-electron chi connectivity index (χ3n) is 1.70. The van der Waals surface area contributed by atoms with Crippen molar-refractivity contribution in [2.24, 2.45) is 0 Å². The highest BCUT2D eigenvalue weighted by atomic mass is 35.5. The molecule has 0 aliphatic rings. The van der Waals surface area contributed by atoms with Crippen LogP contribution in [0.5, 0.6) is 5.75 Å². The minimum absolute atomic E-state index is 0.156. The second-order valence-electron chi connectivity index (χ2n) is 3.05. The molecule has 0 heterocycles. The summed E-state index contributed by atoms with van der Waals surface area (Å²) in [6.45, 7) is 2.11. The van der Waals surface area contributed by atoms with E-state index in [4.69, 9.17) is 33.0 Å². The standard InChI is InChI=1S/C10H12Cl2O2/c1-7-2-3-10(9(12)4-7)14-6-8(13)5-11/h2-4,8,13H,5-6H2,1H3. The molecule has 0 saturated heterocycles. The first kappa shape index (κ1) is 11.6. The minimum Gasteiger partial charge on any atom is -0.489 e. The zero-order valence-corrected chi connectivity index (χ0v) is 9.35. The molecule has 0 fully saturated rings. The van der Waals surface area contributed by atoms with Crippen molar-refractivity contribution in [1.82, 2.24) is 0 Å². The first-order valence-corrected chi connectivity index (χ1v) is 5.17. The summed E-state index contributed by atoms with van der Waals surface area (Å²) in [6.07, 6.45) is -0.658. The van der Waals surface area contributed by atoms with E-state index in [2.05, 4.69) is 0 Å². The highest BCUT2D eigenvalue weighted by molar-refractivity contribution is 6.32. The lowest BCUT2D eigenvalue weighted by molar-refractivity contribution is 0.125. The van der Waals surface area contributed by atoms with Crippen LogP contribution in [0.4, 0.5) is 0 Å². The Morgan fingerprint density at radius 1 is 1.50 bits per heavy atom. The van der Waals surface area contributed by atoms with Gasteiger partial charge in [-0.1, -0.05) is 17.7 Å². The van der Waals surface area contributed by atoms with Crippen LogP contribution in [0.2, 0.25) is 5.02 Å². The van der Waals surface area contributed by atoms with Gasteiger partial charge in [-0.15, -0.1) is 11.6 Å². The Balaban J connectivity index is 2.59. The maximum absolute atomic E-state index is 9.16. The van der Waals surface area contributed by atoms with E-state index < -0.39 is 6.10 Å². The predicted molar refractivity (Wildman–Crippen MR) is 58.4 cm³/mol. The maximum atomic E-state index is 9.16. The number of halogens is 2. The summed E-state index contributed by atoms with van der Waals surface area (Å²) in [7, 11) is 0. The van der Waals surface area contributed by atoms with Gasteiger partial charge in [0.25, 0.3) is 0 Å². The van der Waals surface area contributed by atoms with Crippen molar-refractivity contribution in [2.75, 3.05) is 12.5 Å². The molecule has 1 aromatic rings. The van der Waals surface area contributed by atoms with Crippen molar-refractivity contribution in [3.8, 4) is 5.75 Å². The van der Waals surface area contributed by atoms with Gasteiger partial charge in [-0.05, 0) is 24.6 Å². The summed E-state index contributed by atoms with van der Waals surface area (Å²) in [5, 5.41) is 9.71. The normalized spacial score (nSPS) is 12.6. The second kappa shape index (κ2) is 5.44. The average Bonchev–Trinajstić information content (AvgIpc) is 2.16. The van der Waals surface area contributed by atoms with Gasteiger partial charge in [-0.3, -0.25) is 0 Å². The van der Waals surface area contributed by atoms with Gasteiger partial charge in [-0.2, -0.15) is 0 Å². The highest BCUT2D eigenvalue weighted by Crippen LogP contribution is 2.25. The molecular formula is C10H12Cl2O2. The van der Waals surface area contributed by atoms with Gasteiger partial charge in [0.05, 0.1) is 10.9 Å². The summed E-state index contributed by atoms with van der Waals surface area (Å²) < 4.78 is 5.28. The molecule has 0 aromatic heterocycles. The van der Waals surface area contributed by atoms with Crippen molar-refractivity contribution in [1.29, 1.82) is 0 Å². The number of benzene rings is 1. The van der Waals surface area contributed by atoms with Gasteiger partial charge in [-0.25, -0.2) is 0 Å². The number of hydrogen-bond acceptors (Lipinski definition) is 2. The van der Waals surface area contributed by atoms with Crippen LogP contribution in [-0.2, 0) is 0 Å². The molecule has 1 aromatic carbocycles. The van der Waals surface area contributed by atoms with Crippen LogP contribution in [0.3, 0.4) is 0 Å². The Labute approximate surface area is 93.4 Å². The van der Waals surface area contributed by atoms with Crippen LogP contribution in [0, 0.1) is 6.92 Å². The third kappa shape index (κ3) is 3.37. The van der Waals surface area contributed by atoms with Crippen molar-refractivity contribution >= 4 is 23.2 Å². The molecule has 0 spiro atoms. The van der Waals surface area contributed by atoms with E-state index in [0.717, 1.165) is 5.56 Å². The molecule has 4 heteroatoms. The zero-order chi connectivity index (χ0) is 10.6. The first-order valence-electron chi connectivity index (χ1n) is 4.26. The summed E-state index contributed by atoms with van der Waals surface area (Å²) in [5.41, 5.74) is 1.07. The van der Waals surface area contributed by atoms with E-state index in [1.54, 1.807) is 6.07 Å². The molecule has 0 aliphatic carbocycles. The van der Waals surface area contributed by atoms with Gasteiger partial charge in [0.1, 0.15) is 18.5 Å². The molecule has 0 radical (unpaired) electrons. The molecule has 0 aliphatic heterocycles. The summed E-state index contributed by atoms with van der Waals surface area (Å²) in [4.78, 5) is 0. The average molecular weight is 235 g/mol. The minimum atomic E-state index is -0.658. The van der Waals surface area contributed by atoms with E-state index in [1.807, 2.05) is 19.1 Å². The second-order valence-corrected chi connectivity index (χ2v) is 3.77. The molecule has 0 amide bonds. The molecule has 1 rings (SSSR count). The van der Waals surface area contributed by atoms with Gasteiger partial charge in [0.2, 0.25) is 0 Å². The molecule has 14 heavy (non-hydrogen) atoms. The number of hydrogen-bond donors (Lipinski definition) is 1. The lowest BCUT2D eigenvalue weighted by Gasteiger charge is -2.11. The van der Waals surface area contributed by atoms with Crippen LogP contribution in [-0.4, -0.2) is 23.7 Å². The third-order valence-corrected chi connectivity index (χ3v) is 2.35. The first-order chi connectivity index (χ1) is 6.63. The fourth-order valence-corrected chi connectivity index (χ4v) is 1.33. The molecule has 0 saturated carbocycles. The number of alkyl halides is 1. The number of aryl methyl sites for hydroxylation is 1. The SMILES string of the molecule is Cc1ccc(OCC(O)CCl)c(Cl)c1. The largest absolute Gasteiger partial charge is 0.489 e. The monoisotopic (exact) mass is 234 g/mol. The van der Waals surface area contributed by atoms with Crippen LogP contribution in [0.1, 0.15) is 5.56 Å². The molecule has 1 unspecified atom stereocenters. The fourth-order valence-electron chi connectivity index (χ4n) is 0.953. The number of ether oxygens (including phenoxy) is 1. The van der Waals surface area contributed by atoms with Crippen LogP contribution >= 0.6 is 23.2 Å². The number of aliphatic hydroxyl groups excluding tert-OH is 1. The zero-order valence-electron chi connectivity index (χ0n) is 7.84. The van der Waals surface area contributed by atoms with Crippen molar-refractivity contribution in [3.05, 3.63) is 28.8 Å². The van der Waals surface area contributed by atoms with E-state index in [0.29, 0.717) is 10.8 Å². The summed E-state index contributed by atoms with van der Waals surface area (Å²) >= 11 is 11.3. The van der Waals surface area contributed by atoms with Gasteiger partial charge < -0.3 is 9.84 Å². The molecular weight excluding hydrogens is 223 g/mol. The quantitative estimate of drug-likeness (QED) is 0.813. The van der Waals surface area contributed by atoms with E-state index in [-0.39, 0.29) is 12.5 Å². The Kier molecular flexibility index (Phi) is 4.52. The maximum Gasteiger partial charge on any atom is 0.138 e. The van der Waals surface area contributed by atoms with E-state index >= 15 is 0 Å². The molecule has 2 nitrogen and oxygen atoms in total. The molecule has 78 valence electrons. The topological polar surface area (TPSA) is 29.5 Å². The van der Waals surface area contributed by atoms with Crippen LogP contribution in [0.15, 0.2) is 18.2 Å². The Bertz CT molecular complexity index is 302. The van der Waals surface area contributed by atoms with Gasteiger partial charge >= 0.3 is 0 Å². The molecule has 0 bridgehead atoms. The van der Waals surface area contributed by atoms with Gasteiger partial charge in [0.15, 0.2) is 0 Å². The lowest BCUT2D eigenvalue weighted by Crippen LogP contribution is -2.18. The van der Waals surface area contributed by atoms with Crippen molar-refractivity contribution < 1.29 is 9.84 Å². The fraction of sp³-hybridized carbons (Fsp3) is 0.400. The predicted octanol–water partition coefficient (Wildman–Crippen LogP) is 2.63. The molecule has 1 N–H and O–H groups in total. The number of aliphatic hydroxyl groups is 1. The smallest absolute Gasteiger partial charge is 0.138 e. The Morgan fingerprint density at radius 2 is 2.21 bits per heavy atom. The van der Waals surface area contributed by atoms with Crippen LogP contribution in [0.25, 0.3) is 0 Å². The summed E-state index contributed by atoms with van der Waals surface area (Å²) in [5.74, 6) is 0.727. The summed E-state index contributed by atoms with van der Waals surface area (Å²) in [6, 6.07) is 5.48. The van der Waals surface area contributed by atoms with Crippen molar-refractivity contribution in [2.45, 2.75) is 13.0 Å². The Hall–Kier alpha value is -0.440. The molecule has 1 atom stereocenters. The van der Waals surface area contributed by atoms with E-state index in [1.165, 1.54) is 0 Å². The number of rotatable bonds is 4.